The number of hydrogen-bond acceptors (Lipinski definition) is 2. The first-order valence-corrected chi connectivity index (χ1v) is 8.03. The lowest BCUT2D eigenvalue weighted by Crippen LogP contribution is -2.50. The van der Waals surface area contributed by atoms with Gasteiger partial charge in [-0.1, -0.05) is 39.8 Å². The van der Waals surface area contributed by atoms with Crippen molar-refractivity contribution in [1.29, 1.82) is 0 Å². The number of benzene rings is 1. The highest BCUT2D eigenvalue weighted by Crippen LogP contribution is 2.30. The normalized spacial score (nSPS) is 17.6. The van der Waals surface area contributed by atoms with Crippen molar-refractivity contribution in [2.45, 2.75) is 40.2 Å². The van der Waals surface area contributed by atoms with Crippen molar-refractivity contribution in [3.8, 4) is 0 Å². The third kappa shape index (κ3) is 5.78. The first-order valence-electron chi connectivity index (χ1n) is 8.03. The molecule has 0 aromatic heterocycles. The summed E-state index contributed by atoms with van der Waals surface area (Å²) in [5.74, 6) is 0.260. The number of nitrogens with one attached hydrogen (secondary N) is 2. The molecule has 1 saturated heterocycles. The van der Waals surface area contributed by atoms with Crippen molar-refractivity contribution in [2.75, 3.05) is 13.1 Å². The summed E-state index contributed by atoms with van der Waals surface area (Å²) in [5, 5.41) is 6.37. The molecule has 3 nitrogen and oxygen atoms in total. The quantitative estimate of drug-likeness (QED) is 0.856. The van der Waals surface area contributed by atoms with E-state index in [9.17, 15) is 9.18 Å². The van der Waals surface area contributed by atoms with Crippen molar-refractivity contribution in [1.82, 2.24) is 10.6 Å². The van der Waals surface area contributed by atoms with Crippen LogP contribution in [0.15, 0.2) is 24.3 Å². The van der Waals surface area contributed by atoms with Crippen LogP contribution in [0.2, 0.25) is 0 Å². The third-order valence-electron chi connectivity index (χ3n) is 4.34. The fourth-order valence-electron chi connectivity index (χ4n) is 2.74. The summed E-state index contributed by atoms with van der Waals surface area (Å²) >= 11 is 0. The van der Waals surface area contributed by atoms with Crippen LogP contribution in [-0.2, 0) is 4.79 Å². The molecule has 1 amide bonds. The van der Waals surface area contributed by atoms with Gasteiger partial charge < -0.3 is 10.6 Å². The molecule has 1 aromatic carbocycles. The largest absolute Gasteiger partial charge is 0.349 e. The molecule has 1 aliphatic heterocycles. The summed E-state index contributed by atoms with van der Waals surface area (Å²) in [6.45, 7) is 10.3. The van der Waals surface area contributed by atoms with Crippen molar-refractivity contribution >= 4 is 18.3 Å². The number of halogens is 2. The molecule has 2 N–H and O–H groups in total. The van der Waals surface area contributed by atoms with E-state index < -0.39 is 0 Å². The molecule has 1 heterocycles. The van der Waals surface area contributed by atoms with Crippen LogP contribution in [0.4, 0.5) is 4.39 Å². The van der Waals surface area contributed by atoms with E-state index in [-0.39, 0.29) is 41.5 Å². The highest BCUT2D eigenvalue weighted by molar-refractivity contribution is 5.85. The molecule has 5 heteroatoms. The van der Waals surface area contributed by atoms with Gasteiger partial charge in [0, 0.05) is 5.92 Å². The molecular weight excluding hydrogens is 315 g/mol. The van der Waals surface area contributed by atoms with Gasteiger partial charge in [0.1, 0.15) is 5.82 Å². The van der Waals surface area contributed by atoms with Gasteiger partial charge in [0.2, 0.25) is 5.91 Å². The first kappa shape index (κ1) is 19.9. The van der Waals surface area contributed by atoms with E-state index in [2.05, 4.69) is 31.4 Å². The Morgan fingerprint density at radius 2 is 1.87 bits per heavy atom. The number of hydrogen-bond donors (Lipinski definition) is 2. The van der Waals surface area contributed by atoms with Crippen LogP contribution in [0, 0.1) is 23.1 Å². The van der Waals surface area contributed by atoms with E-state index in [1.807, 2.05) is 6.92 Å². The maximum absolute atomic E-state index is 13.1. The van der Waals surface area contributed by atoms with Gasteiger partial charge in [0.25, 0.3) is 0 Å². The van der Waals surface area contributed by atoms with E-state index >= 15 is 0 Å². The van der Waals surface area contributed by atoms with E-state index in [1.54, 1.807) is 12.1 Å². The molecule has 1 aliphatic rings. The Morgan fingerprint density at radius 3 is 2.30 bits per heavy atom. The first-order chi connectivity index (χ1) is 10.3. The number of carbonyl (C=O) groups is 1. The fraction of sp³-hybridized carbons (Fsp3) is 0.611. The Hall–Kier alpha value is -1.13. The van der Waals surface area contributed by atoms with Crippen LogP contribution in [0.5, 0.6) is 0 Å². The van der Waals surface area contributed by atoms with Crippen LogP contribution in [0.25, 0.3) is 0 Å². The van der Waals surface area contributed by atoms with E-state index in [1.165, 1.54) is 12.1 Å². The van der Waals surface area contributed by atoms with Crippen LogP contribution >= 0.6 is 12.4 Å². The summed E-state index contributed by atoms with van der Waals surface area (Å²) in [5.41, 5.74) is 1.04. The van der Waals surface area contributed by atoms with E-state index in [4.69, 9.17) is 0 Å². The van der Waals surface area contributed by atoms with E-state index in [0.717, 1.165) is 25.1 Å². The monoisotopic (exact) mass is 342 g/mol. The molecular formula is C18H28ClFN2O. The van der Waals surface area contributed by atoms with Crippen LogP contribution in [0.1, 0.15) is 45.7 Å². The molecule has 2 rings (SSSR count). The summed E-state index contributed by atoms with van der Waals surface area (Å²) in [4.78, 5) is 12.5. The molecule has 0 spiro atoms. The molecule has 130 valence electrons. The van der Waals surface area contributed by atoms with Crippen LogP contribution in [-0.4, -0.2) is 19.0 Å². The minimum Gasteiger partial charge on any atom is -0.349 e. The molecule has 0 aliphatic carbocycles. The van der Waals surface area contributed by atoms with Gasteiger partial charge in [-0.25, -0.2) is 4.39 Å². The van der Waals surface area contributed by atoms with Gasteiger partial charge in [-0.2, -0.15) is 0 Å². The van der Waals surface area contributed by atoms with Crippen molar-refractivity contribution in [3.63, 3.8) is 0 Å². The molecule has 2 unspecified atom stereocenters. The van der Waals surface area contributed by atoms with Crippen LogP contribution in [0.3, 0.4) is 0 Å². The minimum atomic E-state index is -0.251. The SMILES string of the molecule is CC(C(=O)NC(CC(C)(C)C)c1ccc(F)cc1)C1CNC1.Cl. The molecule has 1 aromatic rings. The second-order valence-electron chi connectivity index (χ2n) is 7.58. The lowest BCUT2D eigenvalue weighted by Gasteiger charge is -2.34. The molecule has 2 atom stereocenters. The van der Waals surface area contributed by atoms with Crippen molar-refractivity contribution in [2.24, 2.45) is 17.3 Å². The zero-order valence-corrected chi connectivity index (χ0v) is 15.2. The lowest BCUT2D eigenvalue weighted by molar-refractivity contribution is -0.127. The Balaban J connectivity index is 0.00000264. The minimum absolute atomic E-state index is 0. The van der Waals surface area contributed by atoms with Gasteiger partial charge in [-0.3, -0.25) is 4.79 Å². The maximum atomic E-state index is 13.1. The fourth-order valence-corrected chi connectivity index (χ4v) is 2.74. The molecule has 0 saturated carbocycles. The molecule has 0 bridgehead atoms. The van der Waals surface area contributed by atoms with Gasteiger partial charge in [-0.05, 0) is 48.5 Å². The second-order valence-corrected chi connectivity index (χ2v) is 7.58. The van der Waals surface area contributed by atoms with E-state index in [0.29, 0.717) is 5.92 Å². The zero-order valence-electron chi connectivity index (χ0n) is 14.4. The average Bonchev–Trinajstić information content (AvgIpc) is 2.35. The summed E-state index contributed by atoms with van der Waals surface area (Å²) in [6, 6.07) is 6.36. The van der Waals surface area contributed by atoms with Gasteiger partial charge in [0.15, 0.2) is 0 Å². The number of rotatable bonds is 5. The Kier molecular flexibility index (Phi) is 7.02. The maximum Gasteiger partial charge on any atom is 0.223 e. The standard InChI is InChI=1S/C18H27FN2O.ClH/c1-12(14-10-20-11-14)17(22)21-16(9-18(2,3)4)13-5-7-15(19)8-6-13;/h5-8,12,14,16,20H,9-11H2,1-4H3,(H,21,22);1H. The van der Waals surface area contributed by atoms with Gasteiger partial charge >= 0.3 is 0 Å². The second kappa shape index (κ2) is 8.11. The average molecular weight is 343 g/mol. The molecule has 23 heavy (non-hydrogen) atoms. The Bertz CT molecular complexity index is 509. The van der Waals surface area contributed by atoms with Crippen molar-refractivity contribution < 1.29 is 9.18 Å². The highest BCUT2D eigenvalue weighted by atomic mass is 35.5. The zero-order chi connectivity index (χ0) is 16.3. The highest BCUT2D eigenvalue weighted by Gasteiger charge is 2.31. The summed E-state index contributed by atoms with van der Waals surface area (Å²) in [6.07, 6.45) is 0.819. The third-order valence-corrected chi connectivity index (χ3v) is 4.34. The predicted molar refractivity (Wildman–Crippen MR) is 94.1 cm³/mol. The van der Waals surface area contributed by atoms with Gasteiger partial charge in [-0.15, -0.1) is 12.4 Å². The number of carbonyl (C=O) groups excluding carboxylic acids is 1. The van der Waals surface area contributed by atoms with Gasteiger partial charge in [0.05, 0.1) is 6.04 Å². The Labute approximate surface area is 144 Å². The smallest absolute Gasteiger partial charge is 0.223 e. The molecule has 1 fully saturated rings. The number of amides is 1. The Morgan fingerprint density at radius 1 is 1.30 bits per heavy atom. The van der Waals surface area contributed by atoms with Crippen molar-refractivity contribution in [3.05, 3.63) is 35.6 Å². The van der Waals surface area contributed by atoms with Crippen LogP contribution < -0.4 is 10.6 Å². The topological polar surface area (TPSA) is 41.1 Å². The summed E-state index contributed by atoms with van der Waals surface area (Å²) in [7, 11) is 0. The predicted octanol–water partition coefficient (Wildman–Crippen LogP) is 3.70. The summed E-state index contributed by atoms with van der Waals surface area (Å²) < 4.78 is 13.1. The lowest BCUT2D eigenvalue weighted by atomic mass is 9.84. The molecule has 0 radical (unpaired) electrons.